The maximum atomic E-state index is 3.91. The molecule has 8 heavy (non-hydrogen) atoms. The molecule has 43 valence electrons. The van der Waals surface area contributed by atoms with Crippen molar-refractivity contribution in [2.45, 2.75) is 20.3 Å². The standard InChI is InChI=1S/C6H9N2/c1-3-6-4-7-5(2)8-6/h3H2,1-2H3,(H,7,8). The molecular formula is C6H9N2. The number of rotatable bonds is 1. The molecule has 2 heteroatoms. The number of hydrogen-bond acceptors (Lipinski definition) is 1. The molecule has 0 aliphatic carbocycles. The summed E-state index contributed by atoms with van der Waals surface area (Å²) in [4.78, 5) is 6.97. The number of aromatic nitrogens is 2. The Morgan fingerprint density at radius 1 is 1.75 bits per heavy atom. The SMILES string of the molecule is CCc1[c]nc(C)[nH]1. The molecule has 1 heterocycles. The van der Waals surface area contributed by atoms with Gasteiger partial charge in [-0.1, -0.05) is 6.92 Å². The Hall–Kier alpha value is -0.790. The first-order chi connectivity index (χ1) is 3.83. The molecule has 0 fully saturated rings. The third-order valence-electron chi connectivity index (χ3n) is 1.04. The molecule has 0 saturated carbocycles. The summed E-state index contributed by atoms with van der Waals surface area (Å²) in [5.41, 5.74) is 1.09. The molecule has 0 atom stereocenters. The van der Waals surface area contributed by atoms with Gasteiger partial charge in [-0.15, -0.1) is 0 Å². The van der Waals surface area contributed by atoms with E-state index in [0.717, 1.165) is 17.9 Å². The van der Waals surface area contributed by atoms with Crippen LogP contribution in [0.4, 0.5) is 0 Å². The van der Waals surface area contributed by atoms with Gasteiger partial charge in [0, 0.05) is 5.69 Å². The van der Waals surface area contributed by atoms with Crippen molar-refractivity contribution >= 4 is 0 Å². The van der Waals surface area contributed by atoms with Crippen LogP contribution in [0.3, 0.4) is 0 Å². The highest BCUT2D eigenvalue weighted by molar-refractivity contribution is 4.96. The van der Waals surface area contributed by atoms with Gasteiger partial charge in [0.05, 0.1) is 0 Å². The Bertz CT molecular complexity index is 167. The van der Waals surface area contributed by atoms with Crippen molar-refractivity contribution in [2.75, 3.05) is 0 Å². The molecular weight excluding hydrogens is 100 g/mol. The monoisotopic (exact) mass is 109 g/mol. The van der Waals surface area contributed by atoms with Crippen molar-refractivity contribution in [1.29, 1.82) is 0 Å². The van der Waals surface area contributed by atoms with Crippen molar-refractivity contribution in [1.82, 2.24) is 9.97 Å². The van der Waals surface area contributed by atoms with E-state index in [9.17, 15) is 0 Å². The molecule has 1 N–H and O–H groups in total. The normalized spacial score (nSPS) is 9.75. The minimum Gasteiger partial charge on any atom is -0.346 e. The molecule has 1 aromatic rings. The average molecular weight is 109 g/mol. The van der Waals surface area contributed by atoms with Crippen LogP contribution in [-0.2, 0) is 6.42 Å². The Morgan fingerprint density at radius 2 is 2.50 bits per heavy atom. The first-order valence-corrected chi connectivity index (χ1v) is 2.76. The zero-order valence-corrected chi connectivity index (χ0v) is 5.15. The molecule has 0 saturated heterocycles. The second-order valence-electron chi connectivity index (χ2n) is 1.77. The highest BCUT2D eigenvalue weighted by Gasteiger charge is 1.90. The fourth-order valence-corrected chi connectivity index (χ4v) is 0.593. The lowest BCUT2D eigenvalue weighted by atomic mass is 10.4. The van der Waals surface area contributed by atoms with Gasteiger partial charge in [0.15, 0.2) is 0 Å². The number of nitrogens with zero attached hydrogens (tertiary/aromatic N) is 1. The third-order valence-corrected chi connectivity index (χ3v) is 1.04. The van der Waals surface area contributed by atoms with E-state index in [1.165, 1.54) is 0 Å². The van der Waals surface area contributed by atoms with Crippen molar-refractivity contribution in [3.8, 4) is 0 Å². The first-order valence-electron chi connectivity index (χ1n) is 2.76. The number of imidazole rings is 1. The van der Waals surface area contributed by atoms with E-state index in [0.29, 0.717) is 0 Å². The average Bonchev–Trinajstić information content (AvgIpc) is 2.14. The Morgan fingerprint density at radius 3 is 2.75 bits per heavy atom. The summed E-state index contributed by atoms with van der Waals surface area (Å²) < 4.78 is 0. The highest BCUT2D eigenvalue weighted by atomic mass is 14.9. The topological polar surface area (TPSA) is 28.7 Å². The van der Waals surface area contributed by atoms with Gasteiger partial charge >= 0.3 is 0 Å². The molecule has 0 aromatic carbocycles. The maximum absolute atomic E-state index is 3.91. The Kier molecular flexibility index (Phi) is 1.33. The fourth-order valence-electron chi connectivity index (χ4n) is 0.593. The largest absolute Gasteiger partial charge is 0.346 e. The van der Waals surface area contributed by atoms with E-state index in [1.807, 2.05) is 6.92 Å². The van der Waals surface area contributed by atoms with Crippen LogP contribution in [0.1, 0.15) is 18.4 Å². The number of hydrogen-bond donors (Lipinski definition) is 1. The summed E-state index contributed by atoms with van der Waals surface area (Å²) in [6.07, 6.45) is 3.84. The zero-order valence-electron chi connectivity index (χ0n) is 5.15. The van der Waals surface area contributed by atoms with Crippen LogP contribution in [0.5, 0.6) is 0 Å². The molecule has 1 aromatic heterocycles. The summed E-state index contributed by atoms with van der Waals surface area (Å²) in [6, 6.07) is 0. The molecule has 0 bridgehead atoms. The van der Waals surface area contributed by atoms with Crippen LogP contribution < -0.4 is 0 Å². The molecule has 1 radical (unpaired) electrons. The van der Waals surface area contributed by atoms with Crippen LogP contribution in [-0.4, -0.2) is 9.97 Å². The Balaban J connectivity index is 2.84. The maximum Gasteiger partial charge on any atom is 0.112 e. The first kappa shape index (κ1) is 5.35. The van der Waals surface area contributed by atoms with Gasteiger partial charge in [0.2, 0.25) is 0 Å². The lowest BCUT2D eigenvalue weighted by Crippen LogP contribution is -1.77. The van der Waals surface area contributed by atoms with E-state index in [1.54, 1.807) is 0 Å². The van der Waals surface area contributed by atoms with Crippen LogP contribution in [0.15, 0.2) is 0 Å². The zero-order chi connectivity index (χ0) is 5.98. The summed E-state index contributed by atoms with van der Waals surface area (Å²) in [7, 11) is 0. The van der Waals surface area contributed by atoms with Gasteiger partial charge < -0.3 is 4.98 Å². The molecule has 0 amide bonds. The summed E-state index contributed by atoms with van der Waals surface area (Å²) in [6.45, 7) is 4.00. The van der Waals surface area contributed by atoms with Crippen LogP contribution >= 0.6 is 0 Å². The third kappa shape index (κ3) is 0.886. The van der Waals surface area contributed by atoms with Gasteiger partial charge in [-0.2, -0.15) is 0 Å². The van der Waals surface area contributed by atoms with Gasteiger partial charge in [0.1, 0.15) is 12.0 Å². The second kappa shape index (κ2) is 1.99. The molecule has 0 spiro atoms. The number of aromatic amines is 1. The quantitative estimate of drug-likeness (QED) is 0.574. The van der Waals surface area contributed by atoms with Gasteiger partial charge in [-0.3, -0.25) is 0 Å². The van der Waals surface area contributed by atoms with E-state index < -0.39 is 0 Å². The number of aryl methyl sites for hydroxylation is 2. The predicted octanol–water partition coefficient (Wildman–Crippen LogP) is 1.08. The summed E-state index contributed by atoms with van der Waals surface area (Å²) in [5, 5.41) is 0. The van der Waals surface area contributed by atoms with Crippen LogP contribution in [0, 0.1) is 13.1 Å². The molecule has 1 rings (SSSR count). The second-order valence-corrected chi connectivity index (χ2v) is 1.77. The van der Waals surface area contributed by atoms with Crippen molar-refractivity contribution in [3.05, 3.63) is 17.7 Å². The summed E-state index contributed by atoms with van der Waals surface area (Å²) in [5.74, 6) is 0.946. The van der Waals surface area contributed by atoms with Crippen molar-refractivity contribution < 1.29 is 0 Å². The predicted molar refractivity (Wildman–Crippen MR) is 31.5 cm³/mol. The lowest BCUT2D eigenvalue weighted by molar-refractivity contribution is 1.04. The van der Waals surface area contributed by atoms with Crippen molar-refractivity contribution in [3.63, 3.8) is 0 Å². The molecule has 0 unspecified atom stereocenters. The lowest BCUT2D eigenvalue weighted by Gasteiger charge is -1.81. The fraction of sp³-hybridized carbons (Fsp3) is 0.500. The van der Waals surface area contributed by atoms with Crippen LogP contribution in [0.25, 0.3) is 0 Å². The Labute approximate surface area is 49.0 Å². The van der Waals surface area contributed by atoms with Gasteiger partial charge in [-0.05, 0) is 13.3 Å². The smallest absolute Gasteiger partial charge is 0.112 e. The van der Waals surface area contributed by atoms with E-state index >= 15 is 0 Å². The molecule has 2 nitrogen and oxygen atoms in total. The summed E-state index contributed by atoms with van der Waals surface area (Å²) >= 11 is 0. The molecule has 0 aliphatic rings. The van der Waals surface area contributed by atoms with E-state index in [4.69, 9.17) is 0 Å². The number of H-pyrrole nitrogens is 1. The van der Waals surface area contributed by atoms with E-state index in [-0.39, 0.29) is 0 Å². The minimum absolute atomic E-state index is 0.946. The van der Waals surface area contributed by atoms with Crippen molar-refractivity contribution in [2.24, 2.45) is 0 Å². The van der Waals surface area contributed by atoms with Gasteiger partial charge in [-0.25, -0.2) is 4.98 Å². The number of nitrogens with one attached hydrogen (secondary N) is 1. The van der Waals surface area contributed by atoms with E-state index in [2.05, 4.69) is 23.1 Å². The highest BCUT2D eigenvalue weighted by Crippen LogP contribution is 1.93. The minimum atomic E-state index is 0.946. The van der Waals surface area contributed by atoms with Gasteiger partial charge in [0.25, 0.3) is 0 Å². The molecule has 0 aliphatic heterocycles. The van der Waals surface area contributed by atoms with Crippen LogP contribution in [0.2, 0.25) is 0 Å².